The zero-order valence-electron chi connectivity index (χ0n) is 31.2. The zero-order valence-corrected chi connectivity index (χ0v) is 31.2. The number of hydrogen-bond acceptors (Lipinski definition) is 10. The van der Waals surface area contributed by atoms with Gasteiger partial charge in [-0.3, -0.25) is 20.6 Å². The van der Waals surface area contributed by atoms with Crippen molar-refractivity contribution < 1.29 is 67.4 Å². The maximum absolute atomic E-state index is 13.0. The number of rotatable bonds is 9. The van der Waals surface area contributed by atoms with Gasteiger partial charge in [-0.1, -0.05) is 12.1 Å². The number of amides is 1. The molecule has 6 aromatic rings. The highest BCUT2D eigenvalue weighted by Gasteiger charge is 2.38. The third kappa shape index (κ3) is 15.1. The van der Waals surface area contributed by atoms with E-state index in [0.717, 1.165) is 46.2 Å². The summed E-state index contributed by atoms with van der Waals surface area (Å²) in [6.45, 7) is 0.529. The molecule has 0 aliphatic heterocycles. The van der Waals surface area contributed by atoms with E-state index < -0.39 is 75.8 Å². The van der Waals surface area contributed by atoms with Crippen LogP contribution in [-0.2, 0) is 40.8 Å². The standard InChI is InChI=1S/C18H12F6N6O.C13H7F6N3O2.C6H8N2/c19-17(20,21)12-7-11(8-13(9-12)18(22,23)24)16-26-10-30(29-16)6-4-15(31)28-27-14-3-1-2-5-25-14;14-12(15,16)8-3-7(4-9(5-8)13(17,18)19)11-20-6-22(21-11)2-1-10(23)24;7-5-6-3-1-2-4-8-6/h1-10H,(H,25,27)(H,28,31);1-6H,(H,23,24);1-4H,5,7H2/b6-4-;2-1-;. The van der Waals surface area contributed by atoms with Crippen LogP contribution in [-0.4, -0.2) is 56.5 Å². The molecular weight excluding hydrogens is 874 g/mol. The first-order valence-corrected chi connectivity index (χ1v) is 17.0. The highest BCUT2D eigenvalue weighted by molar-refractivity contribution is 5.90. The lowest BCUT2D eigenvalue weighted by Gasteiger charge is -2.13. The molecule has 0 aliphatic carbocycles. The van der Waals surface area contributed by atoms with Gasteiger partial charge in [0.25, 0.3) is 5.91 Å². The van der Waals surface area contributed by atoms with Crippen molar-refractivity contribution in [3.8, 4) is 22.8 Å². The van der Waals surface area contributed by atoms with Gasteiger partial charge in [0.05, 0.1) is 27.9 Å². The van der Waals surface area contributed by atoms with E-state index in [2.05, 4.69) is 41.0 Å². The fourth-order valence-electron chi connectivity index (χ4n) is 4.53. The Hall–Kier alpha value is -7.64. The first-order chi connectivity index (χ1) is 29.4. The van der Waals surface area contributed by atoms with Crippen LogP contribution in [0.3, 0.4) is 0 Å². The number of nitrogens with two attached hydrogens (primary N) is 1. The van der Waals surface area contributed by atoms with Crippen LogP contribution in [0.25, 0.3) is 35.2 Å². The SMILES string of the molecule is NCc1ccccn1.O=C(/C=C\n1cnc(-c2cc(C(F)(F)F)cc(C(F)(F)F)c2)n1)NNc1ccccn1.O=C(O)/C=C\n1cnc(-c2cc(C(F)(F)F)cc(C(F)(F)F)c2)n1. The Bertz CT molecular complexity index is 2450. The van der Waals surface area contributed by atoms with E-state index in [1.54, 1.807) is 24.4 Å². The molecule has 63 heavy (non-hydrogen) atoms. The number of hydrazine groups is 1. The van der Waals surface area contributed by atoms with Crippen molar-refractivity contribution in [3.05, 3.63) is 138 Å². The molecule has 0 saturated carbocycles. The molecule has 0 spiro atoms. The van der Waals surface area contributed by atoms with Gasteiger partial charge < -0.3 is 10.8 Å². The summed E-state index contributed by atoms with van der Waals surface area (Å²) in [5.74, 6) is -2.36. The summed E-state index contributed by atoms with van der Waals surface area (Å²) < 4.78 is 156. The summed E-state index contributed by atoms with van der Waals surface area (Å²) in [5, 5.41) is 15.9. The van der Waals surface area contributed by atoms with Crippen molar-refractivity contribution in [2.75, 3.05) is 5.43 Å². The number of pyridine rings is 2. The Balaban J connectivity index is 0.000000240. The Morgan fingerprint density at radius 3 is 1.38 bits per heavy atom. The number of anilines is 1. The largest absolute Gasteiger partial charge is 0.478 e. The van der Waals surface area contributed by atoms with E-state index in [9.17, 15) is 62.3 Å². The van der Waals surface area contributed by atoms with E-state index in [1.165, 1.54) is 6.20 Å². The fraction of sp³-hybridized carbons (Fsp3) is 0.135. The van der Waals surface area contributed by atoms with Crippen LogP contribution in [0, 0.1) is 0 Å². The van der Waals surface area contributed by atoms with Crippen molar-refractivity contribution in [2.45, 2.75) is 31.2 Å². The summed E-state index contributed by atoms with van der Waals surface area (Å²) >= 11 is 0. The third-order valence-electron chi connectivity index (χ3n) is 7.37. The molecular formula is C37H27F12N11O3. The van der Waals surface area contributed by atoms with Crippen LogP contribution in [0.5, 0.6) is 0 Å². The highest BCUT2D eigenvalue weighted by Crippen LogP contribution is 2.39. The maximum atomic E-state index is 13.0. The predicted octanol–water partition coefficient (Wildman–Crippen LogP) is 8.07. The number of benzene rings is 2. The Kier molecular flexibility index (Phi) is 15.5. The molecule has 5 N–H and O–H groups in total. The molecule has 0 fully saturated rings. The van der Waals surface area contributed by atoms with E-state index in [0.29, 0.717) is 42.7 Å². The molecule has 0 atom stereocenters. The number of alkyl halides is 12. The average molecular weight is 902 g/mol. The number of carbonyl (C=O) groups excluding carboxylic acids is 1. The monoisotopic (exact) mass is 901 g/mol. The van der Waals surface area contributed by atoms with Crippen molar-refractivity contribution in [2.24, 2.45) is 5.73 Å². The number of aromatic nitrogens is 8. The van der Waals surface area contributed by atoms with Crippen molar-refractivity contribution in [1.29, 1.82) is 0 Å². The first kappa shape index (κ1) is 48.0. The lowest BCUT2D eigenvalue weighted by molar-refractivity contribution is -0.144. The van der Waals surface area contributed by atoms with Gasteiger partial charge in [-0.2, -0.15) is 52.7 Å². The molecule has 0 unspecified atom stereocenters. The summed E-state index contributed by atoms with van der Waals surface area (Å²) in [7, 11) is 0. The lowest BCUT2D eigenvalue weighted by atomic mass is 10.0. The number of carbonyl (C=O) groups is 2. The van der Waals surface area contributed by atoms with Crippen molar-refractivity contribution in [3.63, 3.8) is 0 Å². The molecule has 332 valence electrons. The van der Waals surface area contributed by atoms with E-state index in [4.69, 9.17) is 10.8 Å². The number of halogens is 12. The summed E-state index contributed by atoms with van der Waals surface area (Å²) in [6.07, 6.45) is -11.0. The van der Waals surface area contributed by atoms with Gasteiger partial charge in [0, 0.05) is 54.6 Å². The van der Waals surface area contributed by atoms with E-state index in [-0.39, 0.29) is 18.0 Å². The second kappa shape index (κ2) is 20.3. The molecule has 1 amide bonds. The van der Waals surface area contributed by atoms with Crippen molar-refractivity contribution in [1.82, 2.24) is 44.9 Å². The second-order valence-corrected chi connectivity index (χ2v) is 12.0. The Labute approximate surface area is 345 Å². The number of carboxylic acids is 1. The Morgan fingerprint density at radius 2 is 1.03 bits per heavy atom. The van der Waals surface area contributed by atoms with Crippen molar-refractivity contribution >= 4 is 30.1 Å². The molecule has 4 aromatic heterocycles. The minimum atomic E-state index is -4.99. The molecule has 0 aliphatic rings. The number of aliphatic carboxylic acids is 1. The van der Waals surface area contributed by atoms with E-state index in [1.807, 2.05) is 18.2 Å². The van der Waals surface area contributed by atoms with Gasteiger partial charge in [-0.05, 0) is 60.7 Å². The van der Waals surface area contributed by atoms with Gasteiger partial charge >= 0.3 is 30.7 Å². The van der Waals surface area contributed by atoms with Crippen LogP contribution in [0.15, 0.2) is 110 Å². The molecule has 0 bridgehead atoms. The van der Waals surface area contributed by atoms with Crippen LogP contribution < -0.4 is 16.6 Å². The quantitative estimate of drug-likeness (QED) is 0.0624. The van der Waals surface area contributed by atoms with Gasteiger partial charge in [-0.15, -0.1) is 10.2 Å². The lowest BCUT2D eigenvalue weighted by Crippen LogP contribution is -2.28. The highest BCUT2D eigenvalue weighted by atomic mass is 19.4. The third-order valence-corrected chi connectivity index (χ3v) is 7.37. The molecule has 0 radical (unpaired) electrons. The number of carboxylic acid groups (broad SMARTS) is 1. The summed E-state index contributed by atoms with van der Waals surface area (Å²) in [5.41, 5.74) is 4.13. The molecule has 14 nitrogen and oxygen atoms in total. The molecule has 2 aromatic carbocycles. The topological polar surface area (TPSA) is 192 Å². The number of hydrogen-bond donors (Lipinski definition) is 4. The fourth-order valence-corrected chi connectivity index (χ4v) is 4.53. The molecule has 4 heterocycles. The molecule has 6 rings (SSSR count). The minimum Gasteiger partial charge on any atom is -0.478 e. The zero-order chi connectivity index (χ0) is 46.6. The van der Waals surface area contributed by atoms with Gasteiger partial charge in [0.15, 0.2) is 11.6 Å². The van der Waals surface area contributed by atoms with Crippen LogP contribution in [0.2, 0.25) is 0 Å². The first-order valence-electron chi connectivity index (χ1n) is 17.0. The second-order valence-electron chi connectivity index (χ2n) is 12.0. The van der Waals surface area contributed by atoms with Crippen LogP contribution in [0.1, 0.15) is 27.9 Å². The molecule has 26 heteroatoms. The average Bonchev–Trinajstić information content (AvgIpc) is 3.92. The van der Waals surface area contributed by atoms with Crippen LogP contribution in [0.4, 0.5) is 58.5 Å². The normalized spacial score (nSPS) is 12.0. The smallest absolute Gasteiger partial charge is 0.416 e. The summed E-state index contributed by atoms with van der Waals surface area (Å²) in [4.78, 5) is 37.3. The predicted molar refractivity (Wildman–Crippen MR) is 197 cm³/mol. The number of nitrogens with zero attached hydrogens (tertiary/aromatic N) is 8. The van der Waals surface area contributed by atoms with Gasteiger partial charge in [0.1, 0.15) is 18.5 Å². The van der Waals surface area contributed by atoms with Gasteiger partial charge in [0.2, 0.25) is 0 Å². The van der Waals surface area contributed by atoms with Gasteiger partial charge in [-0.25, -0.2) is 29.1 Å². The minimum absolute atomic E-state index is 0.00910. The number of nitrogens with one attached hydrogen (secondary N) is 2. The van der Waals surface area contributed by atoms with E-state index >= 15 is 0 Å². The maximum Gasteiger partial charge on any atom is 0.416 e. The molecule has 0 saturated heterocycles. The summed E-state index contributed by atoms with van der Waals surface area (Å²) in [6, 6.07) is 12.7. The van der Waals surface area contributed by atoms with Crippen LogP contribution >= 0.6 is 0 Å². The Morgan fingerprint density at radius 1 is 0.603 bits per heavy atom.